The molecule has 4 heteroatoms. The number of carbonyl (C=O) groups is 1. The number of rotatable bonds is 6. The molecule has 2 aromatic rings. The summed E-state index contributed by atoms with van der Waals surface area (Å²) in [6.07, 6.45) is -0.517. The summed E-state index contributed by atoms with van der Waals surface area (Å²) in [7, 11) is 1.61. The average molecular weight is 284 g/mol. The van der Waals surface area contributed by atoms with Crippen molar-refractivity contribution in [2.75, 3.05) is 13.6 Å². The van der Waals surface area contributed by atoms with E-state index in [4.69, 9.17) is 0 Å². The van der Waals surface area contributed by atoms with Gasteiger partial charge in [0.05, 0.1) is 6.10 Å². The summed E-state index contributed by atoms with van der Waals surface area (Å²) in [6.45, 7) is 1.14. The molecule has 0 aromatic heterocycles. The number of hydrogen-bond donors (Lipinski definition) is 3. The molecule has 0 fully saturated rings. The van der Waals surface area contributed by atoms with Gasteiger partial charge in [0.1, 0.15) is 0 Å². The SMILES string of the molecule is CNC(=O)c1ccc(CNCC(O)c2ccccc2)cc1. The van der Waals surface area contributed by atoms with E-state index < -0.39 is 6.10 Å². The molecule has 21 heavy (non-hydrogen) atoms. The van der Waals surface area contributed by atoms with Gasteiger partial charge in [-0.15, -0.1) is 0 Å². The summed E-state index contributed by atoms with van der Waals surface area (Å²) < 4.78 is 0. The molecule has 0 radical (unpaired) electrons. The lowest BCUT2D eigenvalue weighted by molar-refractivity contribution is 0.0963. The number of benzene rings is 2. The second kappa shape index (κ2) is 7.57. The van der Waals surface area contributed by atoms with Crippen LogP contribution in [0.5, 0.6) is 0 Å². The first-order valence-electron chi connectivity index (χ1n) is 6.95. The minimum Gasteiger partial charge on any atom is -0.387 e. The Kier molecular flexibility index (Phi) is 5.49. The fourth-order valence-electron chi connectivity index (χ4n) is 2.06. The smallest absolute Gasteiger partial charge is 0.251 e. The highest BCUT2D eigenvalue weighted by Gasteiger charge is 2.06. The van der Waals surface area contributed by atoms with Crippen LogP contribution < -0.4 is 10.6 Å². The Hall–Kier alpha value is -2.17. The molecule has 1 amide bonds. The summed E-state index contributed by atoms with van der Waals surface area (Å²) in [5.41, 5.74) is 2.62. The summed E-state index contributed by atoms with van der Waals surface area (Å²) in [6, 6.07) is 17.0. The van der Waals surface area contributed by atoms with Crippen molar-refractivity contribution in [1.29, 1.82) is 0 Å². The Balaban J connectivity index is 1.82. The second-order valence-electron chi connectivity index (χ2n) is 4.83. The van der Waals surface area contributed by atoms with Crippen LogP contribution in [0.4, 0.5) is 0 Å². The van der Waals surface area contributed by atoms with Gasteiger partial charge < -0.3 is 15.7 Å². The lowest BCUT2D eigenvalue weighted by Crippen LogP contribution is -2.21. The molecule has 2 rings (SSSR count). The van der Waals surface area contributed by atoms with E-state index in [9.17, 15) is 9.90 Å². The van der Waals surface area contributed by atoms with Crippen LogP contribution in [-0.4, -0.2) is 24.6 Å². The molecule has 0 aliphatic heterocycles. The predicted octanol–water partition coefficient (Wildman–Crippen LogP) is 1.87. The highest BCUT2D eigenvalue weighted by molar-refractivity contribution is 5.93. The van der Waals surface area contributed by atoms with Gasteiger partial charge in [-0.25, -0.2) is 0 Å². The van der Waals surface area contributed by atoms with Crippen molar-refractivity contribution in [3.05, 3.63) is 71.3 Å². The van der Waals surface area contributed by atoms with Gasteiger partial charge in [-0.05, 0) is 23.3 Å². The Morgan fingerprint density at radius 3 is 2.38 bits per heavy atom. The number of hydrogen-bond acceptors (Lipinski definition) is 3. The summed E-state index contributed by atoms with van der Waals surface area (Å²) in [5.74, 6) is -0.0889. The lowest BCUT2D eigenvalue weighted by Gasteiger charge is -2.12. The number of carbonyl (C=O) groups excluding carboxylic acids is 1. The van der Waals surface area contributed by atoms with E-state index in [0.29, 0.717) is 18.7 Å². The predicted molar refractivity (Wildman–Crippen MR) is 82.9 cm³/mol. The van der Waals surface area contributed by atoms with Crippen molar-refractivity contribution in [1.82, 2.24) is 10.6 Å². The van der Waals surface area contributed by atoms with E-state index >= 15 is 0 Å². The summed E-state index contributed by atoms with van der Waals surface area (Å²) >= 11 is 0. The van der Waals surface area contributed by atoms with Gasteiger partial charge in [0.25, 0.3) is 5.91 Å². The third kappa shape index (κ3) is 4.41. The number of amides is 1. The minimum absolute atomic E-state index is 0.0889. The molecule has 0 heterocycles. The van der Waals surface area contributed by atoms with Crippen LogP contribution in [0.25, 0.3) is 0 Å². The molecule has 1 unspecified atom stereocenters. The zero-order valence-corrected chi connectivity index (χ0v) is 12.0. The Morgan fingerprint density at radius 1 is 1.10 bits per heavy atom. The first-order valence-corrected chi connectivity index (χ1v) is 6.95. The topological polar surface area (TPSA) is 61.4 Å². The third-order valence-electron chi connectivity index (χ3n) is 3.29. The van der Waals surface area contributed by atoms with Crippen molar-refractivity contribution in [3.63, 3.8) is 0 Å². The molecular formula is C17H20N2O2. The number of aliphatic hydroxyl groups is 1. The number of nitrogens with one attached hydrogen (secondary N) is 2. The highest BCUT2D eigenvalue weighted by Crippen LogP contribution is 2.11. The summed E-state index contributed by atoms with van der Waals surface area (Å²) in [4.78, 5) is 11.4. The first-order chi connectivity index (χ1) is 10.2. The molecule has 0 saturated carbocycles. The maximum Gasteiger partial charge on any atom is 0.251 e. The van der Waals surface area contributed by atoms with E-state index in [1.54, 1.807) is 19.2 Å². The summed E-state index contributed by atoms with van der Waals surface area (Å²) in [5, 5.41) is 15.8. The molecule has 0 spiro atoms. The van der Waals surface area contributed by atoms with Crippen LogP contribution in [0.3, 0.4) is 0 Å². The Bertz CT molecular complexity index is 567. The van der Waals surface area contributed by atoms with Gasteiger partial charge in [0.2, 0.25) is 0 Å². The largest absolute Gasteiger partial charge is 0.387 e. The fraction of sp³-hybridized carbons (Fsp3) is 0.235. The van der Waals surface area contributed by atoms with Gasteiger partial charge in [-0.3, -0.25) is 4.79 Å². The quantitative estimate of drug-likeness (QED) is 0.759. The van der Waals surface area contributed by atoms with E-state index in [-0.39, 0.29) is 5.91 Å². The molecule has 0 saturated heterocycles. The van der Waals surface area contributed by atoms with Gasteiger partial charge >= 0.3 is 0 Å². The van der Waals surface area contributed by atoms with Crippen LogP contribution in [0.2, 0.25) is 0 Å². The molecular weight excluding hydrogens is 264 g/mol. The van der Waals surface area contributed by atoms with Gasteiger partial charge in [-0.1, -0.05) is 42.5 Å². The molecule has 0 bridgehead atoms. The Morgan fingerprint density at radius 2 is 1.76 bits per heavy atom. The zero-order chi connectivity index (χ0) is 15.1. The first kappa shape index (κ1) is 15.2. The van der Waals surface area contributed by atoms with Crippen LogP contribution in [0.1, 0.15) is 27.6 Å². The normalized spacial score (nSPS) is 11.9. The van der Waals surface area contributed by atoms with Gasteiger partial charge in [0, 0.05) is 25.7 Å². The van der Waals surface area contributed by atoms with Gasteiger partial charge in [0.15, 0.2) is 0 Å². The monoisotopic (exact) mass is 284 g/mol. The van der Waals surface area contributed by atoms with E-state index in [2.05, 4.69) is 10.6 Å². The molecule has 0 aliphatic carbocycles. The zero-order valence-electron chi connectivity index (χ0n) is 12.0. The van der Waals surface area contributed by atoms with Crippen molar-refractivity contribution in [2.45, 2.75) is 12.6 Å². The van der Waals surface area contributed by atoms with Crippen molar-refractivity contribution in [2.24, 2.45) is 0 Å². The molecule has 1 atom stereocenters. The number of aliphatic hydroxyl groups excluding tert-OH is 1. The fourth-order valence-corrected chi connectivity index (χ4v) is 2.06. The maximum atomic E-state index is 11.4. The van der Waals surface area contributed by atoms with Crippen LogP contribution >= 0.6 is 0 Å². The van der Waals surface area contributed by atoms with Crippen molar-refractivity contribution < 1.29 is 9.90 Å². The van der Waals surface area contributed by atoms with E-state index in [1.165, 1.54) is 0 Å². The lowest BCUT2D eigenvalue weighted by atomic mass is 10.1. The Labute approximate surface area is 124 Å². The van der Waals surface area contributed by atoms with Crippen molar-refractivity contribution >= 4 is 5.91 Å². The van der Waals surface area contributed by atoms with Crippen LogP contribution in [-0.2, 0) is 6.54 Å². The average Bonchev–Trinajstić information content (AvgIpc) is 2.55. The van der Waals surface area contributed by atoms with Gasteiger partial charge in [-0.2, -0.15) is 0 Å². The third-order valence-corrected chi connectivity index (χ3v) is 3.29. The molecule has 4 nitrogen and oxygen atoms in total. The molecule has 3 N–H and O–H groups in total. The maximum absolute atomic E-state index is 11.4. The minimum atomic E-state index is -0.517. The van der Waals surface area contributed by atoms with Crippen molar-refractivity contribution in [3.8, 4) is 0 Å². The van der Waals surface area contributed by atoms with E-state index in [0.717, 1.165) is 11.1 Å². The second-order valence-corrected chi connectivity index (χ2v) is 4.83. The molecule has 110 valence electrons. The van der Waals surface area contributed by atoms with Crippen LogP contribution in [0.15, 0.2) is 54.6 Å². The molecule has 2 aromatic carbocycles. The molecule has 0 aliphatic rings. The van der Waals surface area contributed by atoms with E-state index in [1.807, 2.05) is 42.5 Å². The van der Waals surface area contributed by atoms with Crippen LogP contribution in [0, 0.1) is 0 Å². The highest BCUT2D eigenvalue weighted by atomic mass is 16.3. The standard InChI is InChI=1S/C17H20N2O2/c1-18-17(21)15-9-7-13(8-10-15)11-19-12-16(20)14-5-3-2-4-6-14/h2-10,16,19-20H,11-12H2,1H3,(H,18,21).